The molecule has 0 aliphatic carbocycles. The fourth-order valence-corrected chi connectivity index (χ4v) is 2.91. The van der Waals surface area contributed by atoms with Gasteiger partial charge in [0.2, 0.25) is 0 Å². The summed E-state index contributed by atoms with van der Waals surface area (Å²) in [5.41, 5.74) is 2.16. The number of aromatic nitrogens is 3. The van der Waals surface area contributed by atoms with Gasteiger partial charge in [-0.15, -0.1) is 5.10 Å². The lowest BCUT2D eigenvalue weighted by Crippen LogP contribution is -2.34. The van der Waals surface area contributed by atoms with E-state index in [2.05, 4.69) is 10.1 Å². The van der Waals surface area contributed by atoms with Gasteiger partial charge in [-0.3, -0.25) is 0 Å². The average molecular weight is 440 g/mol. The summed E-state index contributed by atoms with van der Waals surface area (Å²) in [4.78, 5) is 15.7. The first-order valence-corrected chi connectivity index (χ1v) is 10.6. The number of carbonyl (C=O) groups excluding carboxylic acids is 1. The highest BCUT2D eigenvalue weighted by Gasteiger charge is 2.21. The molecule has 0 N–H and O–H groups in total. The van der Waals surface area contributed by atoms with Crippen LogP contribution in [0.3, 0.4) is 0 Å². The van der Waals surface area contributed by atoms with E-state index in [1.54, 1.807) is 6.92 Å². The third kappa shape index (κ3) is 7.56. The lowest BCUT2D eigenvalue weighted by atomic mass is 10.2. The van der Waals surface area contributed by atoms with E-state index >= 15 is 0 Å². The number of hydrogen-bond acceptors (Lipinski definition) is 7. The third-order valence-corrected chi connectivity index (χ3v) is 4.69. The predicted molar refractivity (Wildman–Crippen MR) is 118 cm³/mol. The summed E-state index contributed by atoms with van der Waals surface area (Å²) in [7, 11) is 0. The Morgan fingerprint density at radius 3 is 2.28 bits per heavy atom. The van der Waals surface area contributed by atoms with Gasteiger partial charge >= 0.3 is 5.97 Å². The van der Waals surface area contributed by atoms with Gasteiger partial charge in [0.15, 0.2) is 0 Å². The SMILES string of the molecule is CCOC(=O)c1ncn(COC(COCc2ccccc2)C(C)OCc2ccccc2)n1. The van der Waals surface area contributed by atoms with Crippen LogP contribution >= 0.6 is 0 Å². The molecule has 0 saturated heterocycles. The Morgan fingerprint density at radius 1 is 0.969 bits per heavy atom. The van der Waals surface area contributed by atoms with E-state index in [9.17, 15) is 4.79 Å². The van der Waals surface area contributed by atoms with Crippen molar-refractivity contribution in [3.05, 3.63) is 83.9 Å². The Hall–Kier alpha value is -3.07. The minimum absolute atomic E-state index is 0.000652. The van der Waals surface area contributed by atoms with Crippen LogP contribution in [0.5, 0.6) is 0 Å². The zero-order valence-electron chi connectivity index (χ0n) is 18.4. The van der Waals surface area contributed by atoms with Crippen molar-refractivity contribution in [3.63, 3.8) is 0 Å². The normalized spacial score (nSPS) is 12.9. The molecule has 0 bridgehead atoms. The Bertz CT molecular complexity index is 933. The van der Waals surface area contributed by atoms with Crippen molar-refractivity contribution >= 4 is 5.97 Å². The number of esters is 1. The highest BCUT2D eigenvalue weighted by Crippen LogP contribution is 2.11. The molecule has 8 heteroatoms. The van der Waals surface area contributed by atoms with Gasteiger partial charge in [-0.05, 0) is 25.0 Å². The molecule has 0 saturated carbocycles. The number of nitrogens with zero attached hydrogens (tertiary/aromatic N) is 3. The maximum absolute atomic E-state index is 11.8. The summed E-state index contributed by atoms with van der Waals surface area (Å²) in [6.45, 7) is 5.33. The van der Waals surface area contributed by atoms with Gasteiger partial charge in [-0.2, -0.15) is 0 Å². The van der Waals surface area contributed by atoms with Gasteiger partial charge in [0.05, 0.1) is 32.5 Å². The average Bonchev–Trinajstić information content (AvgIpc) is 3.30. The molecule has 2 atom stereocenters. The fraction of sp³-hybridized carbons (Fsp3) is 0.375. The number of hydrogen-bond donors (Lipinski definition) is 0. The zero-order valence-corrected chi connectivity index (χ0v) is 18.4. The lowest BCUT2D eigenvalue weighted by Gasteiger charge is -2.24. The lowest BCUT2D eigenvalue weighted by molar-refractivity contribution is -0.123. The molecule has 1 aromatic heterocycles. The van der Waals surface area contributed by atoms with Gasteiger partial charge < -0.3 is 18.9 Å². The van der Waals surface area contributed by atoms with Crippen LogP contribution in [0.15, 0.2) is 67.0 Å². The minimum Gasteiger partial charge on any atom is -0.460 e. The maximum Gasteiger partial charge on any atom is 0.378 e. The molecule has 170 valence electrons. The molecular formula is C24H29N3O5. The maximum atomic E-state index is 11.8. The van der Waals surface area contributed by atoms with E-state index in [0.29, 0.717) is 19.8 Å². The van der Waals surface area contributed by atoms with Crippen molar-refractivity contribution in [2.75, 3.05) is 13.2 Å². The van der Waals surface area contributed by atoms with Crippen molar-refractivity contribution in [2.45, 2.75) is 46.0 Å². The van der Waals surface area contributed by atoms with Gasteiger partial charge in [-0.1, -0.05) is 60.7 Å². The summed E-state index contributed by atoms with van der Waals surface area (Å²) in [6, 6.07) is 19.9. The summed E-state index contributed by atoms with van der Waals surface area (Å²) < 4.78 is 24.3. The monoisotopic (exact) mass is 439 g/mol. The molecule has 0 spiro atoms. The van der Waals surface area contributed by atoms with Crippen LogP contribution in [-0.4, -0.2) is 46.2 Å². The third-order valence-electron chi connectivity index (χ3n) is 4.69. The second kappa shape index (κ2) is 12.7. The second-order valence-electron chi connectivity index (χ2n) is 7.16. The van der Waals surface area contributed by atoms with Crippen LogP contribution < -0.4 is 0 Å². The molecule has 1 heterocycles. The Balaban J connectivity index is 1.56. The Morgan fingerprint density at radius 2 is 1.62 bits per heavy atom. The van der Waals surface area contributed by atoms with Crippen LogP contribution in [-0.2, 0) is 38.9 Å². The summed E-state index contributed by atoms with van der Waals surface area (Å²) in [5.74, 6) is -0.561. The largest absolute Gasteiger partial charge is 0.460 e. The molecule has 3 rings (SSSR count). The number of ether oxygens (including phenoxy) is 4. The van der Waals surface area contributed by atoms with Crippen LogP contribution in [0.1, 0.15) is 35.6 Å². The molecule has 0 aliphatic heterocycles. The Kier molecular flexibility index (Phi) is 9.37. The minimum atomic E-state index is -0.562. The first kappa shape index (κ1) is 23.6. The van der Waals surface area contributed by atoms with Crippen LogP contribution in [0.4, 0.5) is 0 Å². The summed E-state index contributed by atoms with van der Waals surface area (Å²) in [6.07, 6.45) is 0.848. The molecule has 8 nitrogen and oxygen atoms in total. The second-order valence-corrected chi connectivity index (χ2v) is 7.16. The molecular weight excluding hydrogens is 410 g/mol. The highest BCUT2D eigenvalue weighted by atomic mass is 16.6. The summed E-state index contributed by atoms with van der Waals surface area (Å²) in [5, 5.41) is 4.11. The van der Waals surface area contributed by atoms with Crippen molar-refractivity contribution < 1.29 is 23.7 Å². The van der Waals surface area contributed by atoms with Gasteiger partial charge in [0.1, 0.15) is 19.2 Å². The molecule has 2 aromatic carbocycles. The number of carbonyl (C=O) groups is 1. The van der Waals surface area contributed by atoms with E-state index in [1.165, 1.54) is 11.0 Å². The Labute approximate surface area is 188 Å². The van der Waals surface area contributed by atoms with Crippen molar-refractivity contribution in [3.8, 4) is 0 Å². The molecule has 32 heavy (non-hydrogen) atoms. The van der Waals surface area contributed by atoms with Crippen molar-refractivity contribution in [1.82, 2.24) is 14.8 Å². The van der Waals surface area contributed by atoms with E-state index in [0.717, 1.165) is 11.1 Å². The highest BCUT2D eigenvalue weighted by molar-refractivity contribution is 5.84. The van der Waals surface area contributed by atoms with E-state index in [1.807, 2.05) is 67.6 Å². The number of rotatable bonds is 13. The van der Waals surface area contributed by atoms with Gasteiger partial charge in [0, 0.05) is 0 Å². The smallest absolute Gasteiger partial charge is 0.378 e. The predicted octanol–water partition coefficient (Wildman–Crippen LogP) is 3.62. The molecule has 3 aromatic rings. The van der Waals surface area contributed by atoms with Crippen LogP contribution in [0, 0.1) is 0 Å². The molecule has 0 radical (unpaired) electrons. The number of benzene rings is 2. The molecule has 0 aliphatic rings. The fourth-order valence-electron chi connectivity index (χ4n) is 2.91. The quantitative estimate of drug-likeness (QED) is 0.376. The van der Waals surface area contributed by atoms with Gasteiger partial charge in [-0.25, -0.2) is 14.5 Å². The zero-order chi connectivity index (χ0) is 22.6. The van der Waals surface area contributed by atoms with Crippen molar-refractivity contribution in [2.24, 2.45) is 0 Å². The molecule has 0 fully saturated rings. The van der Waals surface area contributed by atoms with Crippen molar-refractivity contribution in [1.29, 1.82) is 0 Å². The molecule has 2 unspecified atom stereocenters. The van der Waals surface area contributed by atoms with E-state index < -0.39 is 5.97 Å². The summed E-state index contributed by atoms with van der Waals surface area (Å²) >= 11 is 0. The first-order valence-electron chi connectivity index (χ1n) is 10.6. The first-order chi connectivity index (χ1) is 15.7. The van der Waals surface area contributed by atoms with Crippen LogP contribution in [0.25, 0.3) is 0 Å². The molecule has 0 amide bonds. The topological polar surface area (TPSA) is 84.7 Å². The standard InChI is InChI=1S/C24H29N3O5/c1-3-30-24(28)23-25-17-27(26-23)18-32-22(16-29-14-20-10-6-4-7-11-20)19(2)31-15-21-12-8-5-9-13-21/h4-13,17,19,22H,3,14-16,18H2,1-2H3. The van der Waals surface area contributed by atoms with E-state index in [4.69, 9.17) is 18.9 Å². The van der Waals surface area contributed by atoms with Gasteiger partial charge in [0.25, 0.3) is 5.82 Å². The van der Waals surface area contributed by atoms with Crippen LogP contribution in [0.2, 0.25) is 0 Å². The van der Waals surface area contributed by atoms with E-state index in [-0.39, 0.29) is 31.4 Å².